The number of nitrogens with zero attached hydrogens (tertiary/aromatic N) is 2. The summed E-state index contributed by atoms with van der Waals surface area (Å²) in [7, 11) is 0. The molecule has 8 rings (SSSR count). The van der Waals surface area contributed by atoms with Gasteiger partial charge < -0.3 is 9.47 Å². The maximum atomic E-state index is 14.5. The highest BCUT2D eigenvalue weighted by Crippen LogP contribution is 2.53. The second-order valence-corrected chi connectivity index (χ2v) is 17.8. The predicted molar refractivity (Wildman–Crippen MR) is 252 cm³/mol. The van der Waals surface area contributed by atoms with Crippen molar-refractivity contribution in [2.75, 3.05) is 52.6 Å². The second-order valence-electron chi connectivity index (χ2n) is 17.8. The summed E-state index contributed by atoms with van der Waals surface area (Å²) in [6.07, 6.45) is 5.02. The minimum Gasteiger partial charge on any atom is -0.379 e. The van der Waals surface area contributed by atoms with Crippen LogP contribution >= 0.6 is 0 Å². The van der Waals surface area contributed by atoms with E-state index in [9.17, 15) is 14.4 Å². The summed E-state index contributed by atoms with van der Waals surface area (Å²) in [6, 6.07) is 39.5. The number of rotatable bonds is 17. The summed E-state index contributed by atoms with van der Waals surface area (Å²) < 4.78 is 11.3. The SMILES string of the molecule is CCc1ccccc1C(=O)c1ccc2c(c1)C(Cc1ccc(C(=O)C(CC)(CC)N3CCOCC3)cc1)(Cc1ccc(C(=O)C(CC)(CC)N3CCOCC3)cc1)c1ccccc1-2. The van der Waals surface area contributed by atoms with Crippen molar-refractivity contribution in [2.45, 2.75) is 96.1 Å². The number of carbonyl (C=O) groups is 3. The Balaban J connectivity index is 1.20. The molecule has 328 valence electrons. The Morgan fingerprint density at radius 1 is 0.524 bits per heavy atom. The molecule has 1 aliphatic carbocycles. The van der Waals surface area contributed by atoms with E-state index < -0.39 is 16.5 Å². The third kappa shape index (κ3) is 8.07. The molecule has 63 heavy (non-hydrogen) atoms. The Morgan fingerprint density at radius 3 is 1.46 bits per heavy atom. The van der Waals surface area contributed by atoms with Gasteiger partial charge in [-0.15, -0.1) is 0 Å². The van der Waals surface area contributed by atoms with Crippen LogP contribution in [0.4, 0.5) is 0 Å². The number of morpholine rings is 2. The first-order chi connectivity index (χ1) is 30.7. The summed E-state index contributed by atoms with van der Waals surface area (Å²) in [4.78, 5) is 48.1. The molecule has 0 saturated carbocycles. The molecule has 0 atom stereocenters. The minimum atomic E-state index is -0.571. The number of ether oxygens (including phenoxy) is 2. The maximum absolute atomic E-state index is 14.5. The monoisotopic (exact) mass is 844 g/mol. The van der Waals surface area contributed by atoms with Gasteiger partial charge in [-0.3, -0.25) is 24.2 Å². The van der Waals surface area contributed by atoms with E-state index in [-0.39, 0.29) is 17.3 Å². The number of hydrogen-bond acceptors (Lipinski definition) is 7. The molecular weight excluding hydrogens is 781 g/mol. The van der Waals surface area contributed by atoms with Gasteiger partial charge in [-0.25, -0.2) is 0 Å². The number of ketones is 3. The van der Waals surface area contributed by atoms with Crippen molar-refractivity contribution in [3.05, 3.63) is 165 Å². The third-order valence-corrected chi connectivity index (χ3v) is 15.0. The van der Waals surface area contributed by atoms with Gasteiger partial charge in [-0.05, 0) is 90.0 Å². The third-order valence-electron chi connectivity index (χ3n) is 15.0. The molecule has 5 aromatic rings. The first-order valence-electron chi connectivity index (χ1n) is 23.5. The van der Waals surface area contributed by atoms with Crippen molar-refractivity contribution in [1.82, 2.24) is 9.80 Å². The van der Waals surface area contributed by atoms with Crippen molar-refractivity contribution in [1.29, 1.82) is 0 Å². The van der Waals surface area contributed by atoms with Gasteiger partial charge >= 0.3 is 0 Å². The fourth-order valence-electron chi connectivity index (χ4n) is 11.3. The fourth-order valence-corrected chi connectivity index (χ4v) is 11.3. The number of carbonyl (C=O) groups excluding carboxylic acids is 3. The van der Waals surface area contributed by atoms with Gasteiger partial charge in [0.15, 0.2) is 17.3 Å². The molecule has 0 unspecified atom stereocenters. The van der Waals surface area contributed by atoms with E-state index >= 15 is 0 Å². The highest BCUT2D eigenvalue weighted by molar-refractivity contribution is 6.10. The summed E-state index contributed by atoms with van der Waals surface area (Å²) in [5, 5.41) is 0. The van der Waals surface area contributed by atoms with E-state index in [0.29, 0.717) is 44.8 Å². The second kappa shape index (κ2) is 19.0. The van der Waals surface area contributed by atoms with Gasteiger partial charge in [0.05, 0.1) is 37.5 Å². The lowest BCUT2D eigenvalue weighted by Gasteiger charge is -2.43. The summed E-state index contributed by atoms with van der Waals surface area (Å²) >= 11 is 0. The molecule has 2 heterocycles. The molecule has 0 bridgehead atoms. The Bertz CT molecular complexity index is 2320. The van der Waals surface area contributed by atoms with Gasteiger partial charge in [-0.2, -0.15) is 0 Å². The number of hydrogen-bond donors (Lipinski definition) is 0. The molecule has 3 aliphatic rings. The van der Waals surface area contributed by atoms with Crippen molar-refractivity contribution < 1.29 is 23.9 Å². The van der Waals surface area contributed by atoms with Gasteiger partial charge in [0.25, 0.3) is 0 Å². The number of benzene rings is 5. The number of fused-ring (bicyclic) bond motifs is 3. The zero-order valence-electron chi connectivity index (χ0n) is 38.0. The molecular formula is C56H64N2O5. The van der Waals surface area contributed by atoms with Crippen LogP contribution in [0, 0.1) is 0 Å². The van der Waals surface area contributed by atoms with E-state index in [1.165, 1.54) is 11.1 Å². The quantitative estimate of drug-likeness (QED) is 0.0863. The topological polar surface area (TPSA) is 76.2 Å². The van der Waals surface area contributed by atoms with Crippen LogP contribution in [0.25, 0.3) is 11.1 Å². The molecule has 2 saturated heterocycles. The zero-order chi connectivity index (χ0) is 44.2. The minimum absolute atomic E-state index is 0.0250. The molecule has 0 radical (unpaired) electrons. The smallest absolute Gasteiger partial charge is 0.193 e. The van der Waals surface area contributed by atoms with Crippen molar-refractivity contribution in [3.8, 4) is 11.1 Å². The van der Waals surface area contributed by atoms with Crippen LogP contribution in [-0.4, -0.2) is 90.8 Å². The van der Waals surface area contributed by atoms with Crippen LogP contribution in [0.1, 0.15) is 125 Å². The van der Waals surface area contributed by atoms with E-state index in [1.807, 2.05) is 54.6 Å². The van der Waals surface area contributed by atoms with E-state index in [1.54, 1.807) is 0 Å². The van der Waals surface area contributed by atoms with E-state index in [2.05, 4.69) is 105 Å². The average molecular weight is 845 g/mol. The van der Waals surface area contributed by atoms with Crippen molar-refractivity contribution in [3.63, 3.8) is 0 Å². The molecule has 2 aliphatic heterocycles. The highest BCUT2D eigenvalue weighted by Gasteiger charge is 2.46. The lowest BCUT2D eigenvalue weighted by molar-refractivity contribution is -0.0176. The lowest BCUT2D eigenvalue weighted by atomic mass is 9.69. The number of aryl methyl sites for hydroxylation is 1. The van der Waals surface area contributed by atoms with Gasteiger partial charge in [0.2, 0.25) is 0 Å². The van der Waals surface area contributed by atoms with Gasteiger partial charge in [0.1, 0.15) is 0 Å². The lowest BCUT2D eigenvalue weighted by Crippen LogP contribution is -2.57. The van der Waals surface area contributed by atoms with Crippen LogP contribution in [0.5, 0.6) is 0 Å². The van der Waals surface area contributed by atoms with Crippen LogP contribution in [-0.2, 0) is 34.2 Å². The van der Waals surface area contributed by atoms with E-state index in [4.69, 9.17) is 9.47 Å². The summed E-state index contributed by atoms with van der Waals surface area (Å²) in [6.45, 7) is 16.2. The van der Waals surface area contributed by atoms with Crippen LogP contribution in [0.2, 0.25) is 0 Å². The van der Waals surface area contributed by atoms with Crippen LogP contribution in [0.3, 0.4) is 0 Å². The predicted octanol–water partition coefficient (Wildman–Crippen LogP) is 10.4. The Hall–Kier alpha value is -5.05. The molecule has 0 N–H and O–H groups in total. The Morgan fingerprint density at radius 2 is 0.968 bits per heavy atom. The summed E-state index contributed by atoms with van der Waals surface area (Å²) in [5.74, 6) is 0.361. The van der Waals surface area contributed by atoms with Gasteiger partial charge in [-0.1, -0.05) is 144 Å². The fraction of sp³-hybridized carbons (Fsp3) is 0.411. The van der Waals surface area contributed by atoms with Crippen LogP contribution < -0.4 is 0 Å². The molecule has 7 nitrogen and oxygen atoms in total. The van der Waals surface area contributed by atoms with Crippen molar-refractivity contribution >= 4 is 17.3 Å². The first-order valence-corrected chi connectivity index (χ1v) is 23.5. The Kier molecular flexibility index (Phi) is 13.4. The number of Topliss-reactive ketones (excluding diaryl/α,β-unsaturated/α-hetero) is 2. The standard InChI is InChI=1S/C56H64N2O5/c1-6-42-15-11-12-16-46(42)51(59)45-27-28-48-47-17-13-14-18-49(47)54(50(48)37-45,38-40-19-23-43(24-20-40)52(60)55(7-2,8-3)57-29-33-62-34-30-57)39-41-21-25-44(26-22-41)53(61)56(9-4,10-5)58-31-35-63-36-32-58/h11-28,37H,6-10,29-36,38-39H2,1-5H3. The molecule has 5 aromatic carbocycles. The normalized spacial score (nSPS) is 16.7. The zero-order valence-corrected chi connectivity index (χ0v) is 38.0. The Labute approximate surface area is 374 Å². The molecule has 2 fully saturated rings. The average Bonchev–Trinajstić information content (AvgIpc) is 3.61. The van der Waals surface area contributed by atoms with Gasteiger partial charge in [0, 0.05) is 53.8 Å². The largest absolute Gasteiger partial charge is 0.379 e. The highest BCUT2D eigenvalue weighted by atomic mass is 16.5. The summed E-state index contributed by atoms with van der Waals surface area (Å²) in [5.41, 5.74) is 9.06. The molecule has 0 spiro atoms. The maximum Gasteiger partial charge on any atom is 0.193 e. The van der Waals surface area contributed by atoms with Crippen LogP contribution in [0.15, 0.2) is 115 Å². The molecule has 0 aromatic heterocycles. The molecule has 0 amide bonds. The molecule has 7 heteroatoms. The van der Waals surface area contributed by atoms with Crippen molar-refractivity contribution in [2.24, 2.45) is 0 Å². The van der Waals surface area contributed by atoms with E-state index in [0.717, 1.165) is 103 Å². The first kappa shape index (κ1) is 44.6.